The third kappa shape index (κ3) is 2.23. The molecule has 0 fully saturated rings. The summed E-state index contributed by atoms with van der Waals surface area (Å²) in [6.45, 7) is -0.0991. The highest BCUT2D eigenvalue weighted by Crippen LogP contribution is 2.18. The Labute approximate surface area is 75.0 Å². The molecule has 1 unspecified atom stereocenters. The van der Waals surface area contributed by atoms with Crippen molar-refractivity contribution in [2.45, 2.75) is 5.92 Å². The van der Waals surface area contributed by atoms with Crippen LogP contribution in [0.25, 0.3) is 0 Å². The Hall–Kier alpha value is -1.00. The zero-order chi connectivity index (χ0) is 9.84. The molecule has 13 heavy (non-hydrogen) atoms. The van der Waals surface area contributed by atoms with Crippen LogP contribution in [0.15, 0.2) is 18.2 Å². The van der Waals surface area contributed by atoms with Crippen molar-refractivity contribution < 1.29 is 13.9 Å². The van der Waals surface area contributed by atoms with Gasteiger partial charge in [0.05, 0.1) is 6.61 Å². The molecule has 1 rings (SSSR count). The average molecular weight is 187 g/mol. The van der Waals surface area contributed by atoms with Crippen LogP contribution in [0.2, 0.25) is 0 Å². The van der Waals surface area contributed by atoms with Gasteiger partial charge in [-0.1, -0.05) is 6.07 Å². The molecule has 3 N–H and O–H groups in total. The molecule has 1 aromatic carbocycles. The number of aliphatic hydroxyl groups is 1. The molecule has 0 radical (unpaired) electrons. The summed E-state index contributed by atoms with van der Waals surface area (Å²) in [4.78, 5) is 0. The van der Waals surface area contributed by atoms with Crippen molar-refractivity contribution in [1.29, 1.82) is 0 Å². The first-order valence-electron chi connectivity index (χ1n) is 3.95. The first-order chi connectivity index (χ1) is 6.19. The first-order valence-corrected chi connectivity index (χ1v) is 3.95. The SMILES string of the molecule is NCC(CO)c1ccc(F)cc1F. The molecule has 72 valence electrons. The number of halogens is 2. The van der Waals surface area contributed by atoms with Gasteiger partial charge in [-0.05, 0) is 11.6 Å². The molecule has 0 aliphatic carbocycles. The van der Waals surface area contributed by atoms with Gasteiger partial charge < -0.3 is 10.8 Å². The van der Waals surface area contributed by atoms with Gasteiger partial charge in [0.25, 0.3) is 0 Å². The topological polar surface area (TPSA) is 46.2 Å². The zero-order valence-corrected chi connectivity index (χ0v) is 7.00. The highest BCUT2D eigenvalue weighted by atomic mass is 19.1. The average Bonchev–Trinajstić information content (AvgIpc) is 2.10. The summed E-state index contributed by atoms with van der Waals surface area (Å²) < 4.78 is 25.6. The number of aliphatic hydroxyl groups excluding tert-OH is 1. The van der Waals surface area contributed by atoms with Crippen LogP contribution in [-0.2, 0) is 0 Å². The van der Waals surface area contributed by atoms with E-state index in [4.69, 9.17) is 10.8 Å². The second-order valence-corrected chi connectivity index (χ2v) is 2.78. The predicted octanol–water partition coefficient (Wildman–Crippen LogP) is 0.999. The smallest absolute Gasteiger partial charge is 0.129 e. The van der Waals surface area contributed by atoms with E-state index in [2.05, 4.69) is 0 Å². The van der Waals surface area contributed by atoms with E-state index in [9.17, 15) is 8.78 Å². The summed E-state index contributed by atoms with van der Waals surface area (Å²) in [7, 11) is 0. The van der Waals surface area contributed by atoms with Gasteiger partial charge in [0.1, 0.15) is 11.6 Å². The summed E-state index contributed by atoms with van der Waals surface area (Å²) in [5, 5.41) is 8.83. The highest BCUT2D eigenvalue weighted by Gasteiger charge is 2.13. The van der Waals surface area contributed by atoms with Crippen LogP contribution in [0, 0.1) is 11.6 Å². The maximum atomic E-state index is 13.1. The van der Waals surface area contributed by atoms with E-state index in [-0.39, 0.29) is 18.7 Å². The van der Waals surface area contributed by atoms with Crippen molar-refractivity contribution in [3.8, 4) is 0 Å². The van der Waals surface area contributed by atoms with Gasteiger partial charge in [-0.2, -0.15) is 0 Å². The zero-order valence-electron chi connectivity index (χ0n) is 7.00. The Bertz CT molecular complexity index is 287. The molecule has 4 heteroatoms. The molecule has 0 amide bonds. The lowest BCUT2D eigenvalue weighted by Gasteiger charge is -2.12. The van der Waals surface area contributed by atoms with Gasteiger partial charge in [-0.3, -0.25) is 0 Å². The predicted molar refractivity (Wildman–Crippen MR) is 45.2 cm³/mol. The molecule has 1 atom stereocenters. The number of hydrogen-bond donors (Lipinski definition) is 2. The van der Waals surface area contributed by atoms with E-state index in [1.165, 1.54) is 6.07 Å². The fourth-order valence-electron chi connectivity index (χ4n) is 1.13. The second-order valence-electron chi connectivity index (χ2n) is 2.78. The van der Waals surface area contributed by atoms with Gasteiger partial charge in [0.15, 0.2) is 0 Å². The van der Waals surface area contributed by atoms with E-state index < -0.39 is 17.6 Å². The van der Waals surface area contributed by atoms with Crippen LogP contribution >= 0.6 is 0 Å². The minimum absolute atomic E-state index is 0.138. The molecule has 2 nitrogen and oxygen atoms in total. The summed E-state index contributed by atoms with van der Waals surface area (Å²) in [6.07, 6.45) is 0. The molecule has 0 aliphatic rings. The fourth-order valence-corrected chi connectivity index (χ4v) is 1.13. The summed E-state index contributed by atoms with van der Waals surface area (Å²) in [5.41, 5.74) is 5.56. The Balaban J connectivity index is 2.99. The Morgan fingerprint density at radius 3 is 2.54 bits per heavy atom. The van der Waals surface area contributed by atoms with Crippen molar-refractivity contribution in [1.82, 2.24) is 0 Å². The number of nitrogens with two attached hydrogens (primary N) is 1. The third-order valence-electron chi connectivity index (χ3n) is 1.91. The molecule has 0 aliphatic heterocycles. The second kappa shape index (κ2) is 4.30. The molecule has 0 bridgehead atoms. The van der Waals surface area contributed by atoms with Gasteiger partial charge in [-0.15, -0.1) is 0 Å². The third-order valence-corrected chi connectivity index (χ3v) is 1.91. The van der Waals surface area contributed by atoms with Crippen LogP contribution in [0.4, 0.5) is 8.78 Å². The largest absolute Gasteiger partial charge is 0.396 e. The first kappa shape index (κ1) is 10.1. The van der Waals surface area contributed by atoms with Crippen molar-refractivity contribution in [2.75, 3.05) is 13.2 Å². The maximum absolute atomic E-state index is 13.1. The van der Waals surface area contributed by atoms with Crippen molar-refractivity contribution >= 4 is 0 Å². The molecule has 1 aromatic rings. The number of hydrogen-bond acceptors (Lipinski definition) is 2. The van der Waals surface area contributed by atoms with E-state index >= 15 is 0 Å². The Morgan fingerprint density at radius 2 is 2.08 bits per heavy atom. The molecule has 0 spiro atoms. The van der Waals surface area contributed by atoms with Crippen LogP contribution < -0.4 is 5.73 Å². The van der Waals surface area contributed by atoms with Crippen LogP contribution in [0.1, 0.15) is 11.5 Å². The van der Waals surface area contributed by atoms with Crippen molar-refractivity contribution in [3.63, 3.8) is 0 Å². The van der Waals surface area contributed by atoms with Gasteiger partial charge in [-0.25, -0.2) is 8.78 Å². The van der Waals surface area contributed by atoms with Crippen molar-refractivity contribution in [2.24, 2.45) is 5.73 Å². The molecule has 0 heterocycles. The summed E-state index contributed by atoms with van der Waals surface area (Å²) >= 11 is 0. The van der Waals surface area contributed by atoms with Crippen molar-refractivity contribution in [3.05, 3.63) is 35.4 Å². The lowest BCUT2D eigenvalue weighted by atomic mass is 10.00. The minimum Gasteiger partial charge on any atom is -0.396 e. The van der Waals surface area contributed by atoms with Crippen LogP contribution in [0.3, 0.4) is 0 Å². The van der Waals surface area contributed by atoms with Gasteiger partial charge in [0.2, 0.25) is 0 Å². The summed E-state index contributed by atoms with van der Waals surface area (Å²) in [5.74, 6) is -1.75. The molecule has 0 saturated carbocycles. The quantitative estimate of drug-likeness (QED) is 0.741. The van der Waals surface area contributed by atoms with Gasteiger partial charge >= 0.3 is 0 Å². The number of rotatable bonds is 3. The normalized spacial score (nSPS) is 12.9. The number of benzene rings is 1. The Morgan fingerprint density at radius 1 is 1.38 bits per heavy atom. The highest BCUT2D eigenvalue weighted by molar-refractivity contribution is 5.23. The van der Waals surface area contributed by atoms with Gasteiger partial charge in [0, 0.05) is 18.5 Å². The molecular formula is C9H11F2NO. The van der Waals surface area contributed by atoms with Crippen LogP contribution in [-0.4, -0.2) is 18.3 Å². The van der Waals surface area contributed by atoms with E-state index in [1.54, 1.807) is 0 Å². The summed E-state index contributed by atoms with van der Waals surface area (Å²) in [6, 6.07) is 3.24. The maximum Gasteiger partial charge on any atom is 0.129 e. The molecule has 0 aromatic heterocycles. The Kier molecular flexibility index (Phi) is 3.33. The molecule has 0 saturated heterocycles. The lowest BCUT2D eigenvalue weighted by molar-refractivity contribution is 0.265. The van der Waals surface area contributed by atoms with E-state index in [0.29, 0.717) is 0 Å². The standard InChI is InChI=1S/C9H11F2NO/c10-7-1-2-8(9(11)3-7)6(4-12)5-13/h1-3,6,13H,4-5,12H2. The fraction of sp³-hybridized carbons (Fsp3) is 0.333. The van der Waals surface area contributed by atoms with E-state index in [1.807, 2.05) is 0 Å². The monoisotopic (exact) mass is 187 g/mol. The molecular weight excluding hydrogens is 176 g/mol. The van der Waals surface area contributed by atoms with Crippen LogP contribution in [0.5, 0.6) is 0 Å². The minimum atomic E-state index is -0.662. The lowest BCUT2D eigenvalue weighted by Crippen LogP contribution is -2.17. The van der Waals surface area contributed by atoms with E-state index in [0.717, 1.165) is 12.1 Å².